The number of rotatable bonds is 3. The molecule has 5 heteroatoms. The van der Waals surface area contributed by atoms with Crippen LogP contribution < -0.4 is 0 Å². The maximum Gasteiger partial charge on any atom is 0.236 e. The molecule has 102 valence electrons. The highest BCUT2D eigenvalue weighted by Crippen LogP contribution is 2.47. The summed E-state index contributed by atoms with van der Waals surface area (Å²) in [6.45, 7) is 0.0934. The Balaban J connectivity index is 1.74. The molecule has 1 spiro atoms. The smallest absolute Gasteiger partial charge is 0.236 e. The van der Waals surface area contributed by atoms with Crippen molar-refractivity contribution in [3.8, 4) is 0 Å². The fourth-order valence-corrected chi connectivity index (χ4v) is 3.94. The lowest BCUT2D eigenvalue weighted by molar-refractivity contribution is -0.143. The summed E-state index contributed by atoms with van der Waals surface area (Å²) < 4.78 is 0. The van der Waals surface area contributed by atoms with E-state index < -0.39 is 11.5 Å². The third-order valence-corrected chi connectivity index (χ3v) is 5.04. The highest BCUT2D eigenvalue weighted by atomic mass is 32.1. The minimum absolute atomic E-state index is 0.0655. The molecule has 3 rings (SSSR count). The molecule has 1 unspecified atom stereocenters. The minimum Gasteiger partial charge on any atom is -0.387 e. The zero-order valence-electron chi connectivity index (χ0n) is 10.7. The van der Waals surface area contributed by atoms with Crippen molar-refractivity contribution in [1.82, 2.24) is 4.90 Å². The Morgan fingerprint density at radius 1 is 1.37 bits per heavy atom. The number of thiophene rings is 1. The molecular weight excluding hydrogens is 262 g/mol. The Kier molecular flexibility index (Phi) is 3.19. The van der Waals surface area contributed by atoms with Gasteiger partial charge in [0.15, 0.2) is 0 Å². The molecule has 1 aliphatic heterocycles. The maximum absolute atomic E-state index is 12.4. The van der Waals surface area contributed by atoms with Gasteiger partial charge >= 0.3 is 0 Å². The summed E-state index contributed by atoms with van der Waals surface area (Å²) in [7, 11) is 0. The highest BCUT2D eigenvalue weighted by Gasteiger charge is 2.52. The average molecular weight is 279 g/mol. The molecule has 0 radical (unpaired) electrons. The third-order valence-electron chi connectivity index (χ3n) is 4.33. The number of hydrogen-bond acceptors (Lipinski definition) is 4. The van der Waals surface area contributed by atoms with Gasteiger partial charge in [0, 0.05) is 6.42 Å². The molecule has 0 aromatic carbocycles. The van der Waals surface area contributed by atoms with E-state index in [2.05, 4.69) is 0 Å². The van der Waals surface area contributed by atoms with Crippen LogP contribution in [0.5, 0.6) is 0 Å². The predicted octanol–water partition coefficient (Wildman–Crippen LogP) is 2.10. The van der Waals surface area contributed by atoms with Crippen molar-refractivity contribution in [3.63, 3.8) is 0 Å². The monoisotopic (exact) mass is 279 g/mol. The van der Waals surface area contributed by atoms with Crippen LogP contribution in [0.15, 0.2) is 16.8 Å². The Hall–Kier alpha value is -1.20. The number of likely N-dealkylation sites (tertiary alicyclic amines) is 1. The van der Waals surface area contributed by atoms with Crippen molar-refractivity contribution in [1.29, 1.82) is 0 Å². The molecule has 1 N–H and O–H groups in total. The van der Waals surface area contributed by atoms with Crippen LogP contribution >= 0.6 is 11.3 Å². The highest BCUT2D eigenvalue weighted by molar-refractivity contribution is 7.07. The summed E-state index contributed by atoms with van der Waals surface area (Å²) in [5.74, 6) is -0.189. The second-order valence-corrected chi connectivity index (χ2v) is 6.33. The zero-order chi connectivity index (χ0) is 13.5. The number of amides is 2. The van der Waals surface area contributed by atoms with Gasteiger partial charge in [-0.2, -0.15) is 11.3 Å². The van der Waals surface area contributed by atoms with Crippen molar-refractivity contribution < 1.29 is 14.7 Å². The first-order valence-corrected chi connectivity index (χ1v) is 7.62. The first-order valence-electron chi connectivity index (χ1n) is 6.67. The van der Waals surface area contributed by atoms with Crippen molar-refractivity contribution in [2.45, 2.75) is 38.2 Å². The van der Waals surface area contributed by atoms with E-state index >= 15 is 0 Å². The summed E-state index contributed by atoms with van der Waals surface area (Å²) in [4.78, 5) is 25.8. The van der Waals surface area contributed by atoms with Crippen LogP contribution in [0.2, 0.25) is 0 Å². The number of imide groups is 1. The normalized spacial score (nSPS) is 23.5. The summed E-state index contributed by atoms with van der Waals surface area (Å²) in [5, 5.41) is 13.8. The lowest BCUT2D eigenvalue weighted by Crippen LogP contribution is -2.37. The fourth-order valence-electron chi connectivity index (χ4n) is 3.23. The van der Waals surface area contributed by atoms with Gasteiger partial charge in [-0.25, -0.2) is 0 Å². The fraction of sp³-hybridized carbons (Fsp3) is 0.571. The largest absolute Gasteiger partial charge is 0.387 e. The lowest BCUT2D eigenvalue weighted by Gasteiger charge is -2.22. The van der Waals surface area contributed by atoms with Gasteiger partial charge in [-0.15, -0.1) is 0 Å². The topological polar surface area (TPSA) is 57.6 Å². The first-order chi connectivity index (χ1) is 9.12. The van der Waals surface area contributed by atoms with Crippen molar-refractivity contribution in [2.24, 2.45) is 5.41 Å². The van der Waals surface area contributed by atoms with Crippen molar-refractivity contribution in [2.75, 3.05) is 6.54 Å². The van der Waals surface area contributed by atoms with Gasteiger partial charge in [0.1, 0.15) is 0 Å². The van der Waals surface area contributed by atoms with E-state index in [0.717, 1.165) is 31.2 Å². The van der Waals surface area contributed by atoms with Gasteiger partial charge in [-0.3, -0.25) is 14.5 Å². The van der Waals surface area contributed by atoms with Gasteiger partial charge in [-0.05, 0) is 35.2 Å². The van der Waals surface area contributed by atoms with Crippen LogP contribution in [0.4, 0.5) is 0 Å². The zero-order valence-corrected chi connectivity index (χ0v) is 11.5. The van der Waals surface area contributed by atoms with E-state index in [4.69, 9.17) is 0 Å². The molecule has 2 fully saturated rings. The number of nitrogens with zero attached hydrogens (tertiary/aromatic N) is 1. The van der Waals surface area contributed by atoms with E-state index in [1.807, 2.05) is 16.8 Å². The summed E-state index contributed by atoms with van der Waals surface area (Å²) in [6.07, 6.45) is 3.27. The second kappa shape index (κ2) is 4.72. The molecule has 2 amide bonds. The van der Waals surface area contributed by atoms with Gasteiger partial charge < -0.3 is 5.11 Å². The van der Waals surface area contributed by atoms with Gasteiger partial charge in [-0.1, -0.05) is 12.8 Å². The van der Waals surface area contributed by atoms with E-state index in [1.54, 1.807) is 0 Å². The van der Waals surface area contributed by atoms with Crippen molar-refractivity contribution in [3.05, 3.63) is 22.4 Å². The number of aliphatic hydroxyl groups is 1. The van der Waals surface area contributed by atoms with Crippen LogP contribution in [0.25, 0.3) is 0 Å². The van der Waals surface area contributed by atoms with Gasteiger partial charge in [0.25, 0.3) is 0 Å². The molecule has 2 aliphatic rings. The van der Waals surface area contributed by atoms with Crippen LogP contribution in [-0.4, -0.2) is 28.4 Å². The molecule has 0 bridgehead atoms. The van der Waals surface area contributed by atoms with E-state index in [1.165, 1.54) is 16.2 Å². The van der Waals surface area contributed by atoms with Crippen LogP contribution in [-0.2, 0) is 9.59 Å². The van der Waals surface area contributed by atoms with E-state index in [-0.39, 0.29) is 18.4 Å². The van der Waals surface area contributed by atoms with Crippen LogP contribution in [0.3, 0.4) is 0 Å². The molecule has 1 aliphatic carbocycles. The average Bonchev–Trinajstić information content (AvgIpc) is 3.08. The molecule has 2 heterocycles. The molecule has 1 atom stereocenters. The third kappa shape index (κ3) is 2.11. The number of carbonyl (C=O) groups is 2. The maximum atomic E-state index is 12.4. The number of β-amino-alcohol motifs (C(OH)–C–C–N with tert-alkyl or cyclic N) is 1. The molecule has 19 heavy (non-hydrogen) atoms. The van der Waals surface area contributed by atoms with E-state index in [9.17, 15) is 14.7 Å². The summed E-state index contributed by atoms with van der Waals surface area (Å²) in [5.41, 5.74) is 0.337. The molecule has 1 aromatic rings. The quantitative estimate of drug-likeness (QED) is 0.862. The van der Waals surface area contributed by atoms with Crippen LogP contribution in [0.1, 0.15) is 43.8 Å². The predicted molar refractivity (Wildman–Crippen MR) is 71.5 cm³/mol. The van der Waals surface area contributed by atoms with Crippen LogP contribution in [0, 0.1) is 5.41 Å². The molecular formula is C14H17NO3S. The Morgan fingerprint density at radius 3 is 2.74 bits per heavy atom. The van der Waals surface area contributed by atoms with Gasteiger partial charge in [0.2, 0.25) is 11.8 Å². The minimum atomic E-state index is -0.768. The second-order valence-electron chi connectivity index (χ2n) is 5.55. The molecule has 4 nitrogen and oxygen atoms in total. The molecule has 1 aromatic heterocycles. The Labute approximate surface area is 116 Å². The summed E-state index contributed by atoms with van der Waals surface area (Å²) in [6, 6.07) is 1.83. The summed E-state index contributed by atoms with van der Waals surface area (Å²) >= 11 is 1.50. The van der Waals surface area contributed by atoms with Gasteiger partial charge in [0.05, 0.1) is 18.1 Å². The van der Waals surface area contributed by atoms with E-state index in [0.29, 0.717) is 6.42 Å². The Morgan fingerprint density at radius 2 is 2.11 bits per heavy atom. The SMILES string of the molecule is O=C1CC2(CCCC2)C(=O)N1CC(O)c1ccsc1. The molecule has 1 saturated heterocycles. The first kappa shape index (κ1) is 12.8. The number of aliphatic hydroxyl groups excluding tert-OH is 1. The number of carbonyl (C=O) groups excluding carboxylic acids is 2. The lowest BCUT2D eigenvalue weighted by atomic mass is 9.84. The Bertz CT molecular complexity index is 491. The van der Waals surface area contributed by atoms with Crippen molar-refractivity contribution >= 4 is 23.2 Å². The standard InChI is InChI=1S/C14H17NO3S/c16-11(10-3-6-19-9-10)8-15-12(17)7-14(13(15)18)4-1-2-5-14/h3,6,9,11,16H,1-2,4-5,7-8H2. The number of hydrogen-bond donors (Lipinski definition) is 1. The molecule has 1 saturated carbocycles.